The summed E-state index contributed by atoms with van der Waals surface area (Å²) in [6.07, 6.45) is 0. The Labute approximate surface area is 135 Å². The summed E-state index contributed by atoms with van der Waals surface area (Å²) in [5.41, 5.74) is 16.8. The van der Waals surface area contributed by atoms with Crippen molar-refractivity contribution in [3.8, 4) is 11.5 Å². The monoisotopic (exact) mass is 333 g/mol. The Hall–Kier alpha value is -3.08. The number of nitrogens with zero attached hydrogens (tertiary/aromatic N) is 5. The number of nitrogen functional groups attached to an aromatic ring is 1. The lowest BCUT2D eigenvalue weighted by Crippen LogP contribution is -2.21. The summed E-state index contributed by atoms with van der Waals surface area (Å²) in [5.74, 6) is 2.10. The minimum atomic E-state index is -0.0295. The van der Waals surface area contributed by atoms with E-state index < -0.39 is 0 Å². The van der Waals surface area contributed by atoms with Gasteiger partial charge in [-0.05, 0) is 12.1 Å². The van der Waals surface area contributed by atoms with Crippen LogP contribution in [0.25, 0.3) is 11.5 Å². The predicted octanol–water partition coefficient (Wildman–Crippen LogP) is 0.631. The van der Waals surface area contributed by atoms with Crippen molar-refractivity contribution in [2.75, 3.05) is 11.1 Å². The Morgan fingerprint density at radius 2 is 2.22 bits per heavy atom. The zero-order valence-corrected chi connectivity index (χ0v) is 13.0. The molecule has 0 bridgehead atoms. The summed E-state index contributed by atoms with van der Waals surface area (Å²) in [6, 6.07) is 3.68. The van der Waals surface area contributed by atoms with Crippen LogP contribution >= 0.6 is 11.3 Å². The molecule has 3 heterocycles. The first kappa shape index (κ1) is 14.8. The topological polar surface area (TPSA) is 159 Å². The van der Waals surface area contributed by atoms with Crippen molar-refractivity contribution in [3.63, 3.8) is 0 Å². The Morgan fingerprint density at radius 1 is 1.39 bits per heavy atom. The zero-order chi connectivity index (χ0) is 16.4. The van der Waals surface area contributed by atoms with E-state index in [1.165, 1.54) is 11.3 Å². The third-order valence-electron chi connectivity index (χ3n) is 2.83. The van der Waals surface area contributed by atoms with Crippen molar-refractivity contribution < 1.29 is 4.42 Å². The van der Waals surface area contributed by atoms with Crippen LogP contribution in [-0.4, -0.2) is 25.7 Å². The first-order chi connectivity index (χ1) is 11.0. The highest BCUT2D eigenvalue weighted by Crippen LogP contribution is 2.28. The van der Waals surface area contributed by atoms with Crippen LogP contribution < -0.4 is 22.5 Å². The smallest absolute Gasteiger partial charge is 0.241 e. The van der Waals surface area contributed by atoms with Gasteiger partial charge in [-0.3, -0.25) is 0 Å². The minimum absolute atomic E-state index is 0.0295. The molecule has 0 radical (unpaired) electrons. The van der Waals surface area contributed by atoms with Crippen molar-refractivity contribution in [3.05, 3.63) is 23.3 Å². The second-order valence-electron chi connectivity index (χ2n) is 4.59. The molecule has 120 valence electrons. The number of nitrogens with two attached hydrogens (primary N) is 3. The second-order valence-corrected chi connectivity index (χ2v) is 5.43. The van der Waals surface area contributed by atoms with Gasteiger partial charge in [0.05, 0.1) is 6.54 Å². The molecule has 0 aliphatic rings. The number of furan rings is 1. The predicted molar refractivity (Wildman–Crippen MR) is 88.0 cm³/mol. The Bertz CT molecular complexity index is 842. The van der Waals surface area contributed by atoms with Crippen LogP contribution in [0.3, 0.4) is 0 Å². The number of rotatable bonds is 5. The molecule has 3 aromatic heterocycles. The van der Waals surface area contributed by atoms with Crippen molar-refractivity contribution in [2.45, 2.75) is 6.54 Å². The average Bonchev–Trinajstić information content (AvgIpc) is 3.16. The number of aromatic nitrogens is 4. The number of thiazole rings is 1. The number of hydrogen-bond acceptors (Lipinski definition) is 8. The fourth-order valence-electron chi connectivity index (χ4n) is 1.87. The Balaban J connectivity index is 1.69. The summed E-state index contributed by atoms with van der Waals surface area (Å²) < 4.78 is 7.30. The number of aryl methyl sites for hydroxylation is 1. The first-order valence-electron chi connectivity index (χ1n) is 6.56. The molecule has 23 heavy (non-hydrogen) atoms. The average molecular weight is 333 g/mol. The van der Waals surface area contributed by atoms with Crippen LogP contribution in [-0.2, 0) is 13.6 Å². The van der Waals surface area contributed by atoms with Gasteiger partial charge in [0.1, 0.15) is 11.5 Å². The van der Waals surface area contributed by atoms with E-state index in [1.807, 2.05) is 17.5 Å². The van der Waals surface area contributed by atoms with E-state index in [4.69, 9.17) is 21.6 Å². The summed E-state index contributed by atoms with van der Waals surface area (Å²) in [7, 11) is 1.75. The highest BCUT2D eigenvalue weighted by Gasteiger charge is 2.10. The van der Waals surface area contributed by atoms with Crippen LogP contribution in [0.1, 0.15) is 5.76 Å². The van der Waals surface area contributed by atoms with E-state index >= 15 is 0 Å². The van der Waals surface area contributed by atoms with Gasteiger partial charge in [0.25, 0.3) is 0 Å². The van der Waals surface area contributed by atoms with Gasteiger partial charge in [-0.2, -0.15) is 9.98 Å². The summed E-state index contributed by atoms with van der Waals surface area (Å²) in [4.78, 5) is 12.2. The zero-order valence-electron chi connectivity index (χ0n) is 12.2. The fraction of sp³-hybridized carbons (Fsp3) is 0.167. The molecule has 7 N–H and O–H groups in total. The maximum Gasteiger partial charge on any atom is 0.241 e. The summed E-state index contributed by atoms with van der Waals surface area (Å²) >= 11 is 1.33. The maximum atomic E-state index is 5.74. The minimum Gasteiger partial charge on any atom is -0.458 e. The molecule has 0 spiro atoms. The molecular weight excluding hydrogens is 318 g/mol. The number of aliphatic imine (C=N–C) groups is 1. The van der Waals surface area contributed by atoms with Gasteiger partial charge in [0.15, 0.2) is 11.7 Å². The molecule has 0 saturated carbocycles. The number of nitrogens with one attached hydrogen (secondary N) is 1. The van der Waals surface area contributed by atoms with Crippen LogP contribution in [0.5, 0.6) is 0 Å². The molecule has 3 rings (SSSR count). The van der Waals surface area contributed by atoms with E-state index in [-0.39, 0.29) is 11.9 Å². The lowest BCUT2D eigenvalue weighted by molar-refractivity contribution is 0.528. The molecule has 11 heteroatoms. The standard InChI is InChI=1S/C12H15N9OS/c1-21-11(19-10(15)20-21)16-4-6-2-3-8(22-6)7-5-23-12(17-7)18-9(13)14/h2-3,5H,4H2,1H3,(H4,13,14,17,18)(H3,15,16,19,20). The van der Waals surface area contributed by atoms with Crippen LogP contribution in [0, 0.1) is 0 Å². The molecule has 0 atom stereocenters. The van der Waals surface area contributed by atoms with Gasteiger partial charge >= 0.3 is 0 Å². The molecular formula is C12H15N9OS. The molecule has 0 aromatic carbocycles. The van der Waals surface area contributed by atoms with Crippen molar-refractivity contribution >= 4 is 34.3 Å². The molecule has 0 aliphatic heterocycles. The normalized spacial score (nSPS) is 10.7. The van der Waals surface area contributed by atoms with E-state index in [0.29, 0.717) is 29.1 Å². The third-order valence-corrected chi connectivity index (χ3v) is 3.57. The lowest BCUT2D eigenvalue weighted by atomic mass is 10.3. The number of guanidine groups is 1. The Morgan fingerprint density at radius 3 is 2.91 bits per heavy atom. The van der Waals surface area contributed by atoms with E-state index in [2.05, 4.69) is 25.4 Å². The maximum absolute atomic E-state index is 5.74. The first-order valence-corrected chi connectivity index (χ1v) is 7.44. The van der Waals surface area contributed by atoms with Crippen LogP contribution in [0.2, 0.25) is 0 Å². The molecule has 3 aromatic rings. The van der Waals surface area contributed by atoms with Crippen LogP contribution in [0.15, 0.2) is 26.9 Å². The third kappa shape index (κ3) is 3.40. The number of anilines is 2. The molecule has 0 saturated heterocycles. The molecule has 0 aliphatic carbocycles. The quantitative estimate of drug-likeness (QED) is 0.391. The van der Waals surface area contributed by atoms with E-state index in [0.717, 1.165) is 5.76 Å². The van der Waals surface area contributed by atoms with Crippen LogP contribution in [0.4, 0.5) is 17.0 Å². The largest absolute Gasteiger partial charge is 0.458 e. The summed E-state index contributed by atoms with van der Waals surface area (Å²) in [6.45, 7) is 0.441. The van der Waals surface area contributed by atoms with Gasteiger partial charge in [0.2, 0.25) is 17.0 Å². The van der Waals surface area contributed by atoms with Crippen molar-refractivity contribution in [1.29, 1.82) is 0 Å². The molecule has 0 fully saturated rings. The molecule has 0 unspecified atom stereocenters. The van der Waals surface area contributed by atoms with Gasteiger partial charge in [-0.15, -0.1) is 16.4 Å². The van der Waals surface area contributed by atoms with Crippen molar-refractivity contribution in [2.24, 2.45) is 23.5 Å². The summed E-state index contributed by atoms with van der Waals surface area (Å²) in [5, 5.41) is 9.34. The molecule has 10 nitrogen and oxygen atoms in total. The highest BCUT2D eigenvalue weighted by atomic mass is 32.1. The SMILES string of the molecule is Cn1nc(N)nc1NCc1ccc(-c2csc(N=C(N)N)n2)o1. The highest BCUT2D eigenvalue weighted by molar-refractivity contribution is 7.13. The lowest BCUT2D eigenvalue weighted by Gasteiger charge is -2.01. The van der Waals surface area contributed by atoms with Gasteiger partial charge in [-0.25, -0.2) is 9.67 Å². The van der Waals surface area contributed by atoms with Gasteiger partial charge in [-0.1, -0.05) is 0 Å². The van der Waals surface area contributed by atoms with E-state index in [1.54, 1.807) is 11.7 Å². The second kappa shape index (κ2) is 5.96. The van der Waals surface area contributed by atoms with Gasteiger partial charge in [0, 0.05) is 12.4 Å². The Kier molecular flexibility index (Phi) is 3.85. The molecule has 0 amide bonds. The van der Waals surface area contributed by atoms with E-state index in [9.17, 15) is 0 Å². The van der Waals surface area contributed by atoms with Crippen molar-refractivity contribution in [1.82, 2.24) is 19.7 Å². The fourth-order valence-corrected chi connectivity index (χ4v) is 2.57. The number of hydrogen-bond donors (Lipinski definition) is 4. The van der Waals surface area contributed by atoms with Gasteiger partial charge < -0.3 is 26.9 Å².